The van der Waals surface area contributed by atoms with Gasteiger partial charge in [-0.25, -0.2) is 0 Å². The maximum absolute atomic E-state index is 12.2. The third-order valence-electron chi connectivity index (χ3n) is 5.44. The molecule has 0 aliphatic rings. The highest BCUT2D eigenvalue weighted by atomic mass is 16.5. The molecular formula is C27H27N3O4. The second-order valence-electron chi connectivity index (χ2n) is 8.00. The van der Waals surface area contributed by atoms with Gasteiger partial charge in [-0.05, 0) is 50.1 Å². The van der Waals surface area contributed by atoms with Gasteiger partial charge in [-0.1, -0.05) is 54.1 Å². The number of aryl methyl sites for hydroxylation is 3. The van der Waals surface area contributed by atoms with Crippen molar-refractivity contribution in [3.05, 3.63) is 83.9 Å². The number of aromatic nitrogens is 1. The molecular weight excluding hydrogens is 430 g/mol. The minimum Gasteiger partial charge on any atom is -0.493 e. The number of para-hydroxylation sites is 2. The van der Waals surface area contributed by atoms with E-state index in [4.69, 9.17) is 9.47 Å². The Kier molecular flexibility index (Phi) is 7.22. The van der Waals surface area contributed by atoms with Crippen LogP contribution in [0.2, 0.25) is 0 Å². The number of fused-ring (bicyclic) bond motifs is 1. The van der Waals surface area contributed by atoms with E-state index < -0.39 is 5.91 Å². The minimum absolute atomic E-state index is 0.0342. The highest BCUT2D eigenvalue weighted by Crippen LogP contribution is 2.39. The monoisotopic (exact) mass is 457 g/mol. The second-order valence-corrected chi connectivity index (χ2v) is 8.00. The van der Waals surface area contributed by atoms with Gasteiger partial charge < -0.3 is 19.1 Å². The van der Waals surface area contributed by atoms with Gasteiger partial charge in [-0.3, -0.25) is 4.79 Å². The number of hydrogen-bond acceptors (Lipinski definition) is 5. The maximum atomic E-state index is 12.2. The molecule has 0 fully saturated rings. The van der Waals surface area contributed by atoms with E-state index >= 15 is 0 Å². The van der Waals surface area contributed by atoms with E-state index in [2.05, 4.69) is 10.2 Å². The molecule has 7 heteroatoms. The van der Waals surface area contributed by atoms with Gasteiger partial charge in [-0.15, -0.1) is 10.2 Å². The van der Waals surface area contributed by atoms with Gasteiger partial charge in [0, 0.05) is 11.9 Å². The SMILES string of the molecule is Cc1ccc(OCC(=O)N=Nc2c(O)n(CCCOc3ccccc3C)c3ccccc23)cc1. The van der Waals surface area contributed by atoms with Crippen LogP contribution in [0.1, 0.15) is 17.5 Å². The fourth-order valence-corrected chi connectivity index (χ4v) is 3.63. The van der Waals surface area contributed by atoms with E-state index in [1.54, 1.807) is 16.7 Å². The number of azo groups is 1. The number of amides is 1. The van der Waals surface area contributed by atoms with Crippen molar-refractivity contribution >= 4 is 22.5 Å². The van der Waals surface area contributed by atoms with Gasteiger partial charge in [0.05, 0.1) is 12.1 Å². The van der Waals surface area contributed by atoms with Crippen LogP contribution < -0.4 is 9.47 Å². The van der Waals surface area contributed by atoms with Crippen LogP contribution in [0, 0.1) is 13.8 Å². The molecule has 1 N–H and O–H groups in total. The van der Waals surface area contributed by atoms with Gasteiger partial charge in [-0.2, -0.15) is 0 Å². The molecule has 0 bridgehead atoms. The Labute approximate surface area is 198 Å². The van der Waals surface area contributed by atoms with Crippen LogP contribution >= 0.6 is 0 Å². The molecule has 0 aliphatic heterocycles. The van der Waals surface area contributed by atoms with Gasteiger partial charge in [0.25, 0.3) is 0 Å². The van der Waals surface area contributed by atoms with E-state index in [0.29, 0.717) is 25.3 Å². The molecule has 4 rings (SSSR count). The van der Waals surface area contributed by atoms with Crippen LogP contribution in [0.5, 0.6) is 17.4 Å². The lowest BCUT2D eigenvalue weighted by molar-refractivity contribution is -0.120. The molecule has 0 atom stereocenters. The smallest absolute Gasteiger partial charge is 0.302 e. The summed E-state index contributed by atoms with van der Waals surface area (Å²) in [4.78, 5) is 12.2. The van der Waals surface area contributed by atoms with E-state index in [1.165, 1.54) is 0 Å². The number of hydrogen-bond donors (Lipinski definition) is 1. The van der Waals surface area contributed by atoms with Crippen molar-refractivity contribution in [3.63, 3.8) is 0 Å². The summed E-state index contributed by atoms with van der Waals surface area (Å²) >= 11 is 0. The van der Waals surface area contributed by atoms with Crippen LogP contribution in [0.25, 0.3) is 10.9 Å². The van der Waals surface area contributed by atoms with Gasteiger partial charge in [0.1, 0.15) is 11.5 Å². The molecule has 34 heavy (non-hydrogen) atoms. The van der Waals surface area contributed by atoms with E-state index in [9.17, 15) is 9.90 Å². The first kappa shape index (κ1) is 23.0. The molecule has 1 amide bonds. The summed E-state index contributed by atoms with van der Waals surface area (Å²) in [5, 5.41) is 19.4. The zero-order valence-corrected chi connectivity index (χ0v) is 19.3. The van der Waals surface area contributed by atoms with Crippen molar-refractivity contribution < 1.29 is 19.4 Å². The summed E-state index contributed by atoms with van der Waals surface area (Å²) in [6.45, 7) is 4.78. The molecule has 0 aliphatic carbocycles. The fraction of sp³-hybridized carbons (Fsp3) is 0.222. The average Bonchev–Trinajstić information content (AvgIpc) is 3.11. The molecule has 0 saturated heterocycles. The third kappa shape index (κ3) is 5.43. The van der Waals surface area contributed by atoms with E-state index in [1.807, 2.05) is 74.5 Å². The molecule has 174 valence electrons. The summed E-state index contributed by atoms with van der Waals surface area (Å²) < 4.78 is 13.1. The lowest BCUT2D eigenvalue weighted by Crippen LogP contribution is -2.07. The van der Waals surface area contributed by atoms with E-state index in [-0.39, 0.29) is 18.2 Å². The number of nitrogens with zero attached hydrogens (tertiary/aromatic N) is 3. The van der Waals surface area contributed by atoms with Crippen molar-refractivity contribution in [1.29, 1.82) is 0 Å². The summed E-state index contributed by atoms with van der Waals surface area (Å²) in [6.07, 6.45) is 0.681. The average molecular weight is 458 g/mol. The van der Waals surface area contributed by atoms with Crippen molar-refractivity contribution in [1.82, 2.24) is 4.57 Å². The molecule has 3 aromatic carbocycles. The van der Waals surface area contributed by atoms with Crippen molar-refractivity contribution in [3.8, 4) is 17.4 Å². The van der Waals surface area contributed by atoms with Gasteiger partial charge >= 0.3 is 5.91 Å². The number of aromatic hydroxyl groups is 1. The summed E-state index contributed by atoms with van der Waals surface area (Å²) in [7, 11) is 0. The van der Waals surface area contributed by atoms with Crippen LogP contribution in [-0.4, -0.2) is 28.8 Å². The Morgan fingerprint density at radius 2 is 1.68 bits per heavy atom. The zero-order chi connectivity index (χ0) is 23.9. The molecule has 0 unspecified atom stereocenters. The van der Waals surface area contributed by atoms with Crippen LogP contribution in [0.4, 0.5) is 5.69 Å². The quantitative estimate of drug-likeness (QED) is 0.242. The topological polar surface area (TPSA) is 85.4 Å². The number of carbonyl (C=O) groups excluding carboxylic acids is 1. The Morgan fingerprint density at radius 3 is 2.47 bits per heavy atom. The molecule has 1 aromatic heterocycles. The van der Waals surface area contributed by atoms with Crippen molar-refractivity contribution in [2.75, 3.05) is 13.2 Å². The highest BCUT2D eigenvalue weighted by molar-refractivity contribution is 5.95. The zero-order valence-electron chi connectivity index (χ0n) is 19.3. The Balaban J connectivity index is 1.42. The lowest BCUT2D eigenvalue weighted by atomic mass is 10.2. The largest absolute Gasteiger partial charge is 0.493 e. The summed E-state index contributed by atoms with van der Waals surface area (Å²) in [5.41, 5.74) is 3.26. The molecule has 4 aromatic rings. The first-order valence-corrected chi connectivity index (χ1v) is 11.2. The number of rotatable bonds is 9. The van der Waals surface area contributed by atoms with Gasteiger partial charge in [0.2, 0.25) is 5.88 Å². The highest BCUT2D eigenvalue weighted by Gasteiger charge is 2.16. The lowest BCUT2D eigenvalue weighted by Gasteiger charge is -2.10. The Hall–Kier alpha value is -4.13. The van der Waals surface area contributed by atoms with Crippen LogP contribution in [0.3, 0.4) is 0 Å². The predicted octanol–water partition coefficient (Wildman–Crippen LogP) is 6.12. The number of benzene rings is 3. The number of carbonyl (C=O) groups is 1. The van der Waals surface area contributed by atoms with E-state index in [0.717, 1.165) is 27.8 Å². The second kappa shape index (κ2) is 10.7. The normalized spacial score (nSPS) is 11.2. The first-order chi connectivity index (χ1) is 16.5. The fourth-order valence-electron chi connectivity index (χ4n) is 3.63. The molecule has 1 heterocycles. The summed E-state index contributed by atoms with van der Waals surface area (Å²) in [5.74, 6) is 0.864. The van der Waals surface area contributed by atoms with Crippen molar-refractivity contribution in [2.24, 2.45) is 10.2 Å². The summed E-state index contributed by atoms with van der Waals surface area (Å²) in [6, 6.07) is 22.7. The third-order valence-corrected chi connectivity index (χ3v) is 5.44. The van der Waals surface area contributed by atoms with Crippen molar-refractivity contribution in [2.45, 2.75) is 26.8 Å². The molecule has 0 saturated carbocycles. The standard InChI is InChI=1S/C27H27N3O4/c1-19-12-14-21(15-13-19)34-18-25(31)28-29-26-22-9-4-5-10-23(22)30(27(26)32)16-7-17-33-24-11-6-3-8-20(24)2/h3-6,8-15,32H,7,16-18H2,1-2H3. The number of ether oxygens (including phenoxy) is 2. The first-order valence-electron chi connectivity index (χ1n) is 11.2. The Bertz CT molecular complexity index is 1310. The molecule has 0 spiro atoms. The van der Waals surface area contributed by atoms with Crippen LogP contribution in [0.15, 0.2) is 83.0 Å². The minimum atomic E-state index is -0.538. The molecule has 0 radical (unpaired) electrons. The maximum Gasteiger partial charge on any atom is 0.302 e. The van der Waals surface area contributed by atoms with Crippen LogP contribution in [-0.2, 0) is 11.3 Å². The molecule has 7 nitrogen and oxygen atoms in total. The predicted molar refractivity (Wildman–Crippen MR) is 131 cm³/mol. The van der Waals surface area contributed by atoms with Gasteiger partial charge in [0.15, 0.2) is 12.3 Å². The Morgan fingerprint density at radius 1 is 0.941 bits per heavy atom.